The van der Waals surface area contributed by atoms with Crippen LogP contribution in [-0.2, 0) is 15.1 Å². The minimum absolute atomic E-state index is 0.0802. The maximum Gasteiger partial charge on any atom is 0.330 e. The van der Waals surface area contributed by atoms with E-state index < -0.39 is 11.5 Å². The van der Waals surface area contributed by atoms with Gasteiger partial charge in [-0.3, -0.25) is 5.32 Å². The highest BCUT2D eigenvalue weighted by Gasteiger charge is 2.39. The first-order chi connectivity index (χ1) is 9.45. The molecular weight excluding hydrogens is 258 g/mol. The summed E-state index contributed by atoms with van der Waals surface area (Å²) in [7, 11) is 1.33. The van der Waals surface area contributed by atoms with Crippen LogP contribution in [0.5, 0.6) is 11.5 Å². The molecule has 20 heavy (non-hydrogen) atoms. The van der Waals surface area contributed by atoms with E-state index >= 15 is 0 Å². The van der Waals surface area contributed by atoms with Gasteiger partial charge in [-0.1, -0.05) is 12.8 Å². The molecule has 1 atom stereocenters. The highest BCUT2D eigenvalue weighted by atomic mass is 16.5. The van der Waals surface area contributed by atoms with E-state index in [4.69, 9.17) is 4.74 Å². The van der Waals surface area contributed by atoms with Crippen LogP contribution < -0.4 is 5.32 Å². The van der Waals surface area contributed by atoms with Gasteiger partial charge in [0, 0.05) is 12.1 Å². The quantitative estimate of drug-likeness (QED) is 0.735. The fourth-order valence-corrected chi connectivity index (χ4v) is 2.83. The first-order valence-corrected chi connectivity index (χ1v) is 6.85. The molecule has 0 spiro atoms. The van der Waals surface area contributed by atoms with Crippen molar-refractivity contribution in [3.05, 3.63) is 23.8 Å². The van der Waals surface area contributed by atoms with Gasteiger partial charge in [0.2, 0.25) is 0 Å². The zero-order valence-electron chi connectivity index (χ0n) is 11.8. The normalized spacial score (nSPS) is 18.7. The average Bonchev–Trinajstić information content (AvgIpc) is 2.89. The van der Waals surface area contributed by atoms with Crippen LogP contribution in [-0.4, -0.2) is 29.3 Å². The molecule has 0 radical (unpaired) electrons. The summed E-state index contributed by atoms with van der Waals surface area (Å²) < 4.78 is 4.90. The van der Waals surface area contributed by atoms with Gasteiger partial charge in [-0.25, -0.2) is 4.79 Å². The monoisotopic (exact) mass is 279 g/mol. The predicted molar refractivity (Wildman–Crippen MR) is 74.5 cm³/mol. The maximum atomic E-state index is 12.2. The molecule has 1 saturated carbocycles. The van der Waals surface area contributed by atoms with Crippen LogP contribution in [0.2, 0.25) is 0 Å². The predicted octanol–water partition coefficient (Wildman–Crippen LogP) is 2.02. The van der Waals surface area contributed by atoms with Crippen molar-refractivity contribution < 1.29 is 19.7 Å². The SMILES string of the molecule is COC(=O)C(C)(NC1CCCC1)c1cc(O)cc(O)c1. The lowest BCUT2D eigenvalue weighted by Crippen LogP contribution is -2.51. The van der Waals surface area contributed by atoms with Gasteiger partial charge >= 0.3 is 5.97 Å². The van der Waals surface area contributed by atoms with Gasteiger partial charge in [0.1, 0.15) is 17.0 Å². The molecular formula is C15H21NO4. The first-order valence-electron chi connectivity index (χ1n) is 6.85. The van der Waals surface area contributed by atoms with Gasteiger partial charge < -0.3 is 14.9 Å². The highest BCUT2D eigenvalue weighted by molar-refractivity contribution is 5.82. The van der Waals surface area contributed by atoms with Crippen LogP contribution >= 0.6 is 0 Å². The Kier molecular flexibility index (Phi) is 4.18. The Morgan fingerprint density at radius 2 is 1.80 bits per heavy atom. The van der Waals surface area contributed by atoms with Crippen LogP contribution in [0, 0.1) is 0 Å². The molecule has 1 aromatic carbocycles. The largest absolute Gasteiger partial charge is 0.508 e. The van der Waals surface area contributed by atoms with Crippen LogP contribution in [0.3, 0.4) is 0 Å². The Labute approximate surface area is 118 Å². The number of esters is 1. The molecule has 1 fully saturated rings. The van der Waals surface area contributed by atoms with E-state index in [1.165, 1.54) is 25.3 Å². The minimum atomic E-state index is -1.08. The van der Waals surface area contributed by atoms with Gasteiger partial charge in [0.15, 0.2) is 0 Å². The maximum absolute atomic E-state index is 12.2. The molecule has 5 nitrogen and oxygen atoms in total. The van der Waals surface area contributed by atoms with Crippen molar-refractivity contribution in [1.29, 1.82) is 0 Å². The van der Waals surface area contributed by atoms with Crippen molar-refractivity contribution in [2.75, 3.05) is 7.11 Å². The van der Waals surface area contributed by atoms with E-state index in [0.717, 1.165) is 25.7 Å². The molecule has 1 aliphatic carbocycles. The molecule has 0 amide bonds. The van der Waals surface area contributed by atoms with E-state index in [-0.39, 0.29) is 17.5 Å². The molecule has 3 N–H and O–H groups in total. The van der Waals surface area contributed by atoms with Crippen molar-refractivity contribution in [1.82, 2.24) is 5.32 Å². The molecule has 110 valence electrons. The van der Waals surface area contributed by atoms with E-state index in [9.17, 15) is 15.0 Å². The average molecular weight is 279 g/mol. The van der Waals surface area contributed by atoms with E-state index in [0.29, 0.717) is 5.56 Å². The van der Waals surface area contributed by atoms with Gasteiger partial charge in [0.05, 0.1) is 7.11 Å². The number of hydrogen-bond acceptors (Lipinski definition) is 5. The second-order valence-electron chi connectivity index (χ2n) is 5.48. The third-order valence-corrected chi connectivity index (χ3v) is 3.92. The number of carbonyl (C=O) groups excluding carboxylic acids is 1. The Balaban J connectivity index is 2.36. The molecule has 0 heterocycles. The summed E-state index contributed by atoms with van der Waals surface area (Å²) in [5.74, 6) is -0.596. The zero-order valence-corrected chi connectivity index (χ0v) is 11.8. The number of nitrogens with one attached hydrogen (secondary N) is 1. The summed E-state index contributed by atoms with van der Waals surface area (Å²) in [5, 5.41) is 22.6. The van der Waals surface area contributed by atoms with Crippen molar-refractivity contribution >= 4 is 5.97 Å². The number of phenols is 2. The number of phenolic OH excluding ortho intramolecular Hbond substituents is 2. The van der Waals surface area contributed by atoms with Gasteiger partial charge in [-0.05, 0) is 37.5 Å². The lowest BCUT2D eigenvalue weighted by Gasteiger charge is -2.32. The van der Waals surface area contributed by atoms with Crippen LogP contribution in [0.4, 0.5) is 0 Å². The number of aromatic hydroxyl groups is 2. The molecule has 1 aliphatic rings. The molecule has 0 aliphatic heterocycles. The summed E-state index contributed by atoms with van der Waals surface area (Å²) in [4.78, 5) is 12.2. The molecule has 0 aromatic heterocycles. The van der Waals surface area contributed by atoms with E-state index in [2.05, 4.69) is 5.32 Å². The smallest absolute Gasteiger partial charge is 0.330 e. The van der Waals surface area contributed by atoms with Crippen LogP contribution in [0.25, 0.3) is 0 Å². The fraction of sp³-hybridized carbons (Fsp3) is 0.533. The second-order valence-corrected chi connectivity index (χ2v) is 5.48. The number of methoxy groups -OCH3 is 1. The summed E-state index contributed by atoms with van der Waals surface area (Å²) in [5.41, 5.74) is -0.589. The van der Waals surface area contributed by atoms with Gasteiger partial charge in [-0.15, -0.1) is 0 Å². The lowest BCUT2D eigenvalue weighted by molar-refractivity contribution is -0.148. The number of benzene rings is 1. The molecule has 1 unspecified atom stereocenters. The number of rotatable bonds is 4. The second kappa shape index (κ2) is 5.71. The fourth-order valence-electron chi connectivity index (χ4n) is 2.83. The number of ether oxygens (including phenoxy) is 1. The Bertz CT molecular complexity index is 476. The molecule has 1 aromatic rings. The third kappa shape index (κ3) is 2.88. The Morgan fingerprint density at radius 3 is 2.30 bits per heavy atom. The summed E-state index contributed by atoms with van der Waals surface area (Å²) in [6.45, 7) is 1.71. The Hall–Kier alpha value is -1.75. The molecule has 0 bridgehead atoms. The number of hydrogen-bond donors (Lipinski definition) is 3. The zero-order chi connectivity index (χ0) is 14.8. The third-order valence-electron chi connectivity index (χ3n) is 3.92. The van der Waals surface area contributed by atoms with Crippen LogP contribution in [0.1, 0.15) is 38.2 Å². The summed E-state index contributed by atoms with van der Waals surface area (Å²) in [6.07, 6.45) is 4.30. The Morgan fingerprint density at radius 1 is 1.25 bits per heavy atom. The molecule has 0 saturated heterocycles. The van der Waals surface area contributed by atoms with E-state index in [1.807, 2.05) is 0 Å². The van der Waals surface area contributed by atoms with Crippen LogP contribution in [0.15, 0.2) is 18.2 Å². The standard InChI is InChI=1S/C15H21NO4/c1-15(14(19)20-2,16-11-5-3-4-6-11)10-7-12(17)9-13(18)8-10/h7-9,11,16-18H,3-6H2,1-2H3. The van der Waals surface area contributed by atoms with E-state index in [1.54, 1.807) is 6.92 Å². The minimum Gasteiger partial charge on any atom is -0.508 e. The molecule has 2 rings (SSSR count). The first kappa shape index (κ1) is 14.7. The topological polar surface area (TPSA) is 78.8 Å². The van der Waals surface area contributed by atoms with Crippen molar-refractivity contribution in [2.24, 2.45) is 0 Å². The van der Waals surface area contributed by atoms with Gasteiger partial charge in [0.25, 0.3) is 0 Å². The van der Waals surface area contributed by atoms with Crippen molar-refractivity contribution in [3.63, 3.8) is 0 Å². The van der Waals surface area contributed by atoms with Gasteiger partial charge in [-0.2, -0.15) is 0 Å². The summed E-state index contributed by atoms with van der Waals surface area (Å²) >= 11 is 0. The highest BCUT2D eigenvalue weighted by Crippen LogP contribution is 2.32. The van der Waals surface area contributed by atoms with Crippen molar-refractivity contribution in [3.8, 4) is 11.5 Å². The summed E-state index contributed by atoms with van der Waals surface area (Å²) in [6, 6.07) is 4.41. The number of carbonyl (C=O) groups is 1. The van der Waals surface area contributed by atoms with Crippen molar-refractivity contribution in [2.45, 2.75) is 44.2 Å². The molecule has 5 heteroatoms. The lowest BCUT2D eigenvalue weighted by atomic mass is 9.90.